The molecule has 0 fully saturated rings. The van der Waals surface area contributed by atoms with Crippen molar-refractivity contribution in [3.05, 3.63) is 106 Å². The summed E-state index contributed by atoms with van der Waals surface area (Å²) in [5.74, 6) is -0.475. The number of carbonyl (C=O) groups is 2. The average molecular weight is 441 g/mol. The second kappa shape index (κ2) is 10.3. The maximum absolute atomic E-state index is 13.2. The summed E-state index contributed by atoms with van der Waals surface area (Å²) in [6.07, 6.45) is 0. The van der Waals surface area contributed by atoms with E-state index >= 15 is 0 Å². The Morgan fingerprint density at radius 1 is 0.900 bits per heavy atom. The molecule has 0 aliphatic rings. The minimum absolute atomic E-state index is 0.202. The van der Waals surface area contributed by atoms with Crippen LogP contribution in [0.4, 0.5) is 0 Å². The number of rotatable bonds is 7. The number of hydrogen-bond acceptors (Lipinski definition) is 2. The lowest BCUT2D eigenvalue weighted by Gasteiger charge is -2.30. The molecule has 3 rings (SSSR count). The highest BCUT2D eigenvalue weighted by atomic mass is 35.5. The maximum atomic E-state index is 13.2. The van der Waals surface area contributed by atoms with Gasteiger partial charge in [0.25, 0.3) is 0 Å². The van der Waals surface area contributed by atoms with Crippen LogP contribution in [-0.4, -0.2) is 16.7 Å². The molecule has 6 heteroatoms. The van der Waals surface area contributed by atoms with Crippen LogP contribution in [0.1, 0.15) is 29.7 Å². The van der Waals surface area contributed by atoms with Crippen LogP contribution in [0.5, 0.6) is 0 Å². The number of carbonyl (C=O) groups excluding carboxylic acids is 2. The Morgan fingerprint density at radius 3 is 2.17 bits per heavy atom. The molecule has 0 aliphatic heterocycles. The average Bonchev–Trinajstić information content (AvgIpc) is 2.75. The van der Waals surface area contributed by atoms with E-state index in [1.54, 1.807) is 23.1 Å². The lowest BCUT2D eigenvalue weighted by Crippen LogP contribution is -2.42. The van der Waals surface area contributed by atoms with Crippen molar-refractivity contribution < 1.29 is 9.59 Å². The number of hydrogen-bond donors (Lipinski definition) is 1. The molecule has 2 amide bonds. The standard InChI is InChI=1S/C24H22Cl2N2O2/c1-17(29)28(16-18-11-13-21(25)14-12-18)23(19-7-3-2-4-8-19)24(30)27-15-20-9-5-6-10-22(20)26/h2-14,23H,15-16H2,1H3,(H,27,30). The molecule has 154 valence electrons. The van der Waals surface area contributed by atoms with Gasteiger partial charge in [-0.2, -0.15) is 0 Å². The Kier molecular flexibility index (Phi) is 7.50. The van der Waals surface area contributed by atoms with E-state index in [1.807, 2.05) is 60.7 Å². The van der Waals surface area contributed by atoms with Gasteiger partial charge in [-0.05, 0) is 34.9 Å². The fourth-order valence-corrected chi connectivity index (χ4v) is 3.53. The second-order valence-electron chi connectivity index (χ2n) is 6.90. The van der Waals surface area contributed by atoms with E-state index in [0.29, 0.717) is 10.0 Å². The molecular formula is C24H22Cl2N2O2. The molecule has 0 bridgehead atoms. The van der Waals surface area contributed by atoms with Crippen LogP contribution in [0, 0.1) is 0 Å². The number of halogens is 2. The lowest BCUT2D eigenvalue weighted by atomic mass is 10.0. The Labute approximate surface area is 186 Å². The van der Waals surface area contributed by atoms with E-state index in [9.17, 15) is 9.59 Å². The normalized spacial score (nSPS) is 11.6. The first-order valence-corrected chi connectivity index (χ1v) is 10.3. The predicted molar refractivity (Wildman–Crippen MR) is 120 cm³/mol. The van der Waals surface area contributed by atoms with Crippen LogP contribution in [0.15, 0.2) is 78.9 Å². The van der Waals surface area contributed by atoms with Gasteiger partial charge in [0, 0.05) is 30.1 Å². The minimum Gasteiger partial charge on any atom is -0.350 e. The molecular weight excluding hydrogens is 419 g/mol. The summed E-state index contributed by atoms with van der Waals surface area (Å²) >= 11 is 12.2. The van der Waals surface area contributed by atoms with Crippen molar-refractivity contribution >= 4 is 35.0 Å². The van der Waals surface area contributed by atoms with Gasteiger partial charge in [-0.1, -0.05) is 83.9 Å². The highest BCUT2D eigenvalue weighted by molar-refractivity contribution is 6.31. The van der Waals surface area contributed by atoms with Crippen molar-refractivity contribution in [2.75, 3.05) is 0 Å². The maximum Gasteiger partial charge on any atom is 0.247 e. The summed E-state index contributed by atoms with van der Waals surface area (Å²) in [5.41, 5.74) is 2.43. The fraction of sp³-hybridized carbons (Fsp3) is 0.167. The molecule has 0 saturated carbocycles. The van der Waals surface area contributed by atoms with Crippen molar-refractivity contribution in [1.82, 2.24) is 10.2 Å². The van der Waals surface area contributed by atoms with Crippen LogP contribution >= 0.6 is 23.2 Å². The van der Waals surface area contributed by atoms with Gasteiger partial charge in [0.15, 0.2) is 0 Å². The summed E-state index contributed by atoms with van der Waals surface area (Å²) in [5, 5.41) is 4.13. The van der Waals surface area contributed by atoms with Crippen LogP contribution in [0.3, 0.4) is 0 Å². The fourth-order valence-electron chi connectivity index (χ4n) is 3.20. The molecule has 0 spiro atoms. The van der Waals surface area contributed by atoms with Gasteiger partial charge in [-0.3, -0.25) is 9.59 Å². The zero-order chi connectivity index (χ0) is 21.5. The van der Waals surface area contributed by atoms with Crippen molar-refractivity contribution in [1.29, 1.82) is 0 Å². The van der Waals surface area contributed by atoms with Gasteiger partial charge in [-0.25, -0.2) is 0 Å². The number of nitrogens with zero attached hydrogens (tertiary/aromatic N) is 1. The molecule has 0 saturated heterocycles. The third-order valence-corrected chi connectivity index (χ3v) is 5.38. The van der Waals surface area contributed by atoms with Gasteiger partial charge >= 0.3 is 0 Å². The van der Waals surface area contributed by atoms with Crippen LogP contribution in [-0.2, 0) is 22.7 Å². The van der Waals surface area contributed by atoms with Gasteiger partial charge in [0.1, 0.15) is 6.04 Å². The van der Waals surface area contributed by atoms with E-state index in [0.717, 1.165) is 16.7 Å². The molecule has 4 nitrogen and oxygen atoms in total. The first-order valence-electron chi connectivity index (χ1n) is 9.53. The number of benzene rings is 3. The molecule has 1 unspecified atom stereocenters. The predicted octanol–water partition coefficient (Wildman–Crippen LogP) is 5.40. The van der Waals surface area contributed by atoms with Crippen LogP contribution in [0.2, 0.25) is 10.0 Å². The number of amides is 2. The van der Waals surface area contributed by atoms with Gasteiger partial charge in [0.2, 0.25) is 11.8 Å². The van der Waals surface area contributed by atoms with Crippen LogP contribution in [0.25, 0.3) is 0 Å². The van der Waals surface area contributed by atoms with Gasteiger partial charge in [-0.15, -0.1) is 0 Å². The first-order chi connectivity index (χ1) is 14.5. The molecule has 3 aromatic carbocycles. The quantitative estimate of drug-likeness (QED) is 0.534. The lowest BCUT2D eigenvalue weighted by molar-refractivity contribution is -0.140. The zero-order valence-electron chi connectivity index (χ0n) is 16.5. The molecule has 30 heavy (non-hydrogen) atoms. The third-order valence-electron chi connectivity index (χ3n) is 4.76. The molecule has 0 aliphatic carbocycles. The monoisotopic (exact) mass is 440 g/mol. The minimum atomic E-state index is -0.776. The highest BCUT2D eigenvalue weighted by Crippen LogP contribution is 2.25. The van der Waals surface area contributed by atoms with Crippen molar-refractivity contribution in [2.24, 2.45) is 0 Å². The molecule has 1 atom stereocenters. The largest absolute Gasteiger partial charge is 0.350 e. The summed E-state index contributed by atoms with van der Waals surface area (Å²) in [6.45, 7) is 2.02. The zero-order valence-corrected chi connectivity index (χ0v) is 18.0. The number of nitrogens with one attached hydrogen (secondary N) is 1. The molecule has 0 aromatic heterocycles. The smallest absolute Gasteiger partial charge is 0.247 e. The first kappa shape index (κ1) is 21.9. The Bertz CT molecular complexity index is 1010. The van der Waals surface area contributed by atoms with Crippen molar-refractivity contribution in [3.63, 3.8) is 0 Å². The van der Waals surface area contributed by atoms with E-state index < -0.39 is 6.04 Å². The van der Waals surface area contributed by atoms with E-state index in [1.165, 1.54) is 6.92 Å². The third kappa shape index (κ3) is 5.62. The topological polar surface area (TPSA) is 49.4 Å². The summed E-state index contributed by atoms with van der Waals surface area (Å²) < 4.78 is 0. The molecule has 3 aromatic rings. The van der Waals surface area contributed by atoms with Gasteiger partial charge in [0.05, 0.1) is 0 Å². The highest BCUT2D eigenvalue weighted by Gasteiger charge is 2.29. The summed E-state index contributed by atoms with van der Waals surface area (Å²) in [7, 11) is 0. The van der Waals surface area contributed by atoms with Crippen molar-refractivity contribution in [2.45, 2.75) is 26.1 Å². The summed E-state index contributed by atoms with van der Waals surface area (Å²) in [4.78, 5) is 27.4. The Balaban J connectivity index is 1.88. The molecule has 0 radical (unpaired) electrons. The summed E-state index contributed by atoms with van der Waals surface area (Å²) in [6, 6.07) is 23.1. The van der Waals surface area contributed by atoms with E-state index in [4.69, 9.17) is 23.2 Å². The van der Waals surface area contributed by atoms with E-state index in [-0.39, 0.29) is 24.9 Å². The molecule has 0 heterocycles. The Hall–Kier alpha value is -2.82. The second-order valence-corrected chi connectivity index (χ2v) is 7.74. The van der Waals surface area contributed by atoms with Crippen LogP contribution < -0.4 is 5.32 Å². The van der Waals surface area contributed by atoms with Crippen molar-refractivity contribution in [3.8, 4) is 0 Å². The van der Waals surface area contributed by atoms with E-state index in [2.05, 4.69) is 5.32 Å². The SMILES string of the molecule is CC(=O)N(Cc1ccc(Cl)cc1)C(C(=O)NCc1ccccc1Cl)c1ccccc1. The Morgan fingerprint density at radius 2 is 1.53 bits per heavy atom. The molecule has 1 N–H and O–H groups in total. The van der Waals surface area contributed by atoms with Gasteiger partial charge < -0.3 is 10.2 Å².